The molecule has 33 heavy (non-hydrogen) atoms. The lowest BCUT2D eigenvalue weighted by Gasteiger charge is -2.32. The molecule has 2 aromatic rings. The number of carboxylic acid groups (broad SMARTS) is 1. The number of anilines is 1. The number of piperidine rings is 1. The van der Waals surface area contributed by atoms with Crippen molar-refractivity contribution in [2.45, 2.75) is 57.9 Å². The van der Waals surface area contributed by atoms with Crippen molar-refractivity contribution >= 4 is 17.9 Å². The van der Waals surface area contributed by atoms with Gasteiger partial charge >= 0.3 is 18.2 Å². The molecule has 182 valence electrons. The standard InChI is InChI=1S/C18H27N7O.C2HF3O2/c1-2-3-11-25-17(21-22-23-25)20-18(26)19-16-9-12-24(13-10-16)14-15-7-5-4-6-8-15;3-2(4,5)1(6)7/h4-8,16H,2-3,9-14H2,1H3,(H2,19,20,21,23,26);(H,6,7). The molecule has 0 radical (unpaired) electrons. The van der Waals surface area contributed by atoms with Gasteiger partial charge in [0.05, 0.1) is 0 Å². The van der Waals surface area contributed by atoms with Crippen LogP contribution < -0.4 is 10.6 Å². The fourth-order valence-electron chi connectivity index (χ4n) is 3.15. The second-order valence-corrected chi connectivity index (χ2v) is 7.52. The number of urea groups is 1. The van der Waals surface area contributed by atoms with Crippen LogP contribution in [-0.2, 0) is 17.9 Å². The lowest BCUT2D eigenvalue weighted by atomic mass is 10.0. The van der Waals surface area contributed by atoms with E-state index in [0.717, 1.165) is 45.3 Å². The summed E-state index contributed by atoms with van der Waals surface area (Å²) in [6, 6.07) is 10.4. The monoisotopic (exact) mass is 471 g/mol. The van der Waals surface area contributed by atoms with E-state index in [0.29, 0.717) is 12.5 Å². The summed E-state index contributed by atoms with van der Waals surface area (Å²) < 4.78 is 33.4. The first-order chi connectivity index (χ1) is 15.7. The van der Waals surface area contributed by atoms with Crippen LogP contribution in [-0.4, -0.2) is 67.5 Å². The summed E-state index contributed by atoms with van der Waals surface area (Å²) in [6.45, 7) is 5.74. The molecule has 13 heteroatoms. The number of benzene rings is 1. The zero-order valence-corrected chi connectivity index (χ0v) is 18.3. The number of hydrogen-bond donors (Lipinski definition) is 3. The first kappa shape index (κ1) is 26.0. The maximum absolute atomic E-state index is 12.2. The molecule has 0 unspecified atom stereocenters. The average molecular weight is 471 g/mol. The summed E-state index contributed by atoms with van der Waals surface area (Å²) in [6.07, 6.45) is -1.17. The second kappa shape index (κ2) is 12.7. The zero-order valence-electron chi connectivity index (χ0n) is 18.3. The molecule has 1 aliphatic rings. The Kier molecular flexibility index (Phi) is 10.0. The van der Waals surface area contributed by atoms with Crippen molar-refractivity contribution in [3.63, 3.8) is 0 Å². The molecule has 10 nitrogen and oxygen atoms in total. The number of tetrazole rings is 1. The third-order valence-corrected chi connectivity index (χ3v) is 4.90. The van der Waals surface area contributed by atoms with Gasteiger partial charge in [0.15, 0.2) is 0 Å². The minimum Gasteiger partial charge on any atom is -0.475 e. The van der Waals surface area contributed by atoms with Crippen molar-refractivity contribution in [1.29, 1.82) is 0 Å². The number of likely N-dealkylation sites (tertiary alicyclic amines) is 1. The number of aliphatic carboxylic acids is 1. The van der Waals surface area contributed by atoms with Gasteiger partial charge in [-0.2, -0.15) is 13.2 Å². The van der Waals surface area contributed by atoms with Crippen LogP contribution in [0.2, 0.25) is 0 Å². The number of nitrogens with one attached hydrogen (secondary N) is 2. The van der Waals surface area contributed by atoms with Crippen LogP contribution in [0.4, 0.5) is 23.9 Å². The van der Waals surface area contributed by atoms with Gasteiger partial charge in [-0.3, -0.25) is 10.2 Å². The third kappa shape index (κ3) is 9.43. The van der Waals surface area contributed by atoms with E-state index in [1.165, 1.54) is 5.56 Å². The summed E-state index contributed by atoms with van der Waals surface area (Å²) >= 11 is 0. The van der Waals surface area contributed by atoms with Gasteiger partial charge in [0.25, 0.3) is 5.95 Å². The van der Waals surface area contributed by atoms with Crippen LogP contribution in [0, 0.1) is 0 Å². The van der Waals surface area contributed by atoms with Gasteiger partial charge in [0, 0.05) is 32.2 Å². The number of carbonyl (C=O) groups excluding carboxylic acids is 1. The average Bonchev–Trinajstić information content (AvgIpc) is 3.21. The number of aromatic nitrogens is 4. The number of carboxylic acids is 1. The van der Waals surface area contributed by atoms with Gasteiger partial charge in [-0.1, -0.05) is 48.8 Å². The number of nitrogens with zero attached hydrogens (tertiary/aromatic N) is 5. The van der Waals surface area contributed by atoms with Gasteiger partial charge in [-0.15, -0.1) is 0 Å². The number of amides is 2. The topological polar surface area (TPSA) is 125 Å². The van der Waals surface area contributed by atoms with E-state index >= 15 is 0 Å². The highest BCUT2D eigenvalue weighted by atomic mass is 19.4. The van der Waals surface area contributed by atoms with Crippen molar-refractivity contribution in [2.24, 2.45) is 0 Å². The molecule has 3 N–H and O–H groups in total. The van der Waals surface area contributed by atoms with E-state index in [1.807, 2.05) is 6.07 Å². The van der Waals surface area contributed by atoms with Crippen LogP contribution in [0.25, 0.3) is 0 Å². The van der Waals surface area contributed by atoms with Gasteiger partial charge < -0.3 is 10.4 Å². The quantitative estimate of drug-likeness (QED) is 0.567. The molecule has 2 amide bonds. The van der Waals surface area contributed by atoms with E-state index in [-0.39, 0.29) is 12.1 Å². The Bertz CT molecular complexity index is 869. The molecule has 0 atom stereocenters. The molecular weight excluding hydrogens is 443 g/mol. The molecule has 0 spiro atoms. The minimum atomic E-state index is -5.08. The molecule has 0 saturated carbocycles. The largest absolute Gasteiger partial charge is 0.490 e. The summed E-state index contributed by atoms with van der Waals surface area (Å²) in [4.78, 5) is 23.6. The highest BCUT2D eigenvalue weighted by Gasteiger charge is 2.38. The highest BCUT2D eigenvalue weighted by molar-refractivity contribution is 5.87. The van der Waals surface area contributed by atoms with E-state index in [2.05, 4.69) is 62.2 Å². The number of carbonyl (C=O) groups is 2. The van der Waals surface area contributed by atoms with Crippen LogP contribution in [0.3, 0.4) is 0 Å². The summed E-state index contributed by atoms with van der Waals surface area (Å²) in [5.41, 5.74) is 1.33. The predicted octanol–water partition coefficient (Wildman–Crippen LogP) is 2.89. The van der Waals surface area contributed by atoms with Crippen molar-refractivity contribution in [3.05, 3.63) is 35.9 Å². The first-order valence-electron chi connectivity index (χ1n) is 10.6. The number of rotatable bonds is 7. The van der Waals surface area contributed by atoms with Gasteiger partial charge in [0.2, 0.25) is 0 Å². The molecule has 3 rings (SSSR count). The molecule has 1 aliphatic heterocycles. The fraction of sp³-hybridized carbons (Fsp3) is 0.550. The van der Waals surface area contributed by atoms with Crippen LogP contribution >= 0.6 is 0 Å². The normalized spacial score (nSPS) is 14.8. The molecule has 1 aromatic carbocycles. The SMILES string of the molecule is CCCCn1nnnc1NC(=O)NC1CCN(Cc2ccccc2)CC1.O=C(O)C(F)(F)F. The molecule has 0 bridgehead atoms. The number of aryl methyl sites for hydroxylation is 1. The lowest BCUT2D eigenvalue weighted by Crippen LogP contribution is -2.45. The number of alkyl halides is 3. The Morgan fingerprint density at radius 2 is 1.82 bits per heavy atom. The van der Waals surface area contributed by atoms with E-state index in [4.69, 9.17) is 9.90 Å². The van der Waals surface area contributed by atoms with Gasteiger partial charge in [-0.25, -0.2) is 14.3 Å². The number of halogens is 3. The van der Waals surface area contributed by atoms with Crippen LogP contribution in [0.1, 0.15) is 38.2 Å². The smallest absolute Gasteiger partial charge is 0.475 e. The third-order valence-electron chi connectivity index (χ3n) is 4.90. The van der Waals surface area contributed by atoms with E-state index in [1.54, 1.807) is 4.68 Å². The summed E-state index contributed by atoms with van der Waals surface area (Å²) in [5.74, 6) is -2.36. The maximum atomic E-state index is 12.2. The fourth-order valence-corrected chi connectivity index (χ4v) is 3.15. The first-order valence-corrected chi connectivity index (χ1v) is 10.6. The summed E-state index contributed by atoms with van der Waals surface area (Å²) in [7, 11) is 0. The molecular formula is C20H28F3N7O3. The van der Waals surface area contributed by atoms with Crippen molar-refractivity contribution < 1.29 is 27.9 Å². The van der Waals surface area contributed by atoms with Gasteiger partial charge in [-0.05, 0) is 35.3 Å². The van der Waals surface area contributed by atoms with Gasteiger partial charge in [0.1, 0.15) is 0 Å². The molecule has 1 saturated heterocycles. The lowest BCUT2D eigenvalue weighted by molar-refractivity contribution is -0.192. The molecule has 1 fully saturated rings. The van der Waals surface area contributed by atoms with Crippen molar-refractivity contribution in [1.82, 2.24) is 30.4 Å². The van der Waals surface area contributed by atoms with Crippen molar-refractivity contribution in [3.8, 4) is 0 Å². The van der Waals surface area contributed by atoms with E-state index in [9.17, 15) is 18.0 Å². The van der Waals surface area contributed by atoms with Crippen LogP contribution in [0.5, 0.6) is 0 Å². The minimum absolute atomic E-state index is 0.182. The Morgan fingerprint density at radius 1 is 1.18 bits per heavy atom. The van der Waals surface area contributed by atoms with E-state index < -0.39 is 12.1 Å². The highest BCUT2D eigenvalue weighted by Crippen LogP contribution is 2.14. The van der Waals surface area contributed by atoms with Crippen molar-refractivity contribution in [2.75, 3.05) is 18.4 Å². The Morgan fingerprint density at radius 3 is 2.39 bits per heavy atom. The molecule has 0 aliphatic carbocycles. The predicted molar refractivity (Wildman–Crippen MR) is 113 cm³/mol. The number of hydrogen-bond acceptors (Lipinski definition) is 6. The summed E-state index contributed by atoms with van der Waals surface area (Å²) in [5, 5.41) is 24.4. The maximum Gasteiger partial charge on any atom is 0.490 e. The zero-order chi connectivity index (χ0) is 24.3. The Balaban J connectivity index is 0.000000479. The Labute approximate surface area is 189 Å². The molecule has 1 aromatic heterocycles. The Hall–Kier alpha value is -3.22. The second-order valence-electron chi connectivity index (χ2n) is 7.52. The number of unbranched alkanes of at least 4 members (excludes halogenated alkanes) is 1. The molecule has 2 heterocycles. The van der Waals surface area contributed by atoms with Crippen LogP contribution in [0.15, 0.2) is 30.3 Å².